The number of aromatic hydroxyl groups is 1. The number of phenolic OH excluding ortho intramolecular Hbond substituents is 1. The molecule has 0 unspecified atom stereocenters. The molecule has 1 heterocycles. The topological polar surface area (TPSA) is 70.7 Å². The Labute approximate surface area is 265 Å². The quantitative estimate of drug-likeness (QED) is 0.183. The summed E-state index contributed by atoms with van der Waals surface area (Å²) in [6.07, 6.45) is 9.31. The molecule has 0 spiro atoms. The standard InChI is InChI=1S/C41H40O4/c1-40-24-21-33-32-20-18-31(42)26-30(32)17-19-34(33)36(40)22-25-41(40,44)23-10-5-3-2-4-7-14-29-15-11-16-35-37(43)27-38(45-39(29)35)28-12-8-6-9-13-28/h6,8-9,11-13,15-16,18,20,26-27,33-34,36,42,44H,2-5,17,19,21-22,24-25H2,1H3/t33-,34-,36+,40+,41+/m1/s1. The lowest BCUT2D eigenvalue weighted by atomic mass is 9.53. The molecule has 3 aliphatic carbocycles. The molecule has 0 amide bonds. The number of rotatable bonds is 4. The van der Waals surface area contributed by atoms with E-state index < -0.39 is 5.60 Å². The van der Waals surface area contributed by atoms with E-state index in [9.17, 15) is 15.0 Å². The third-order valence-corrected chi connectivity index (χ3v) is 11.0. The van der Waals surface area contributed by atoms with Crippen LogP contribution in [0.2, 0.25) is 0 Å². The molecule has 0 radical (unpaired) electrons. The molecule has 4 heteroatoms. The Hall–Kier alpha value is -4.25. The number of hydrogen-bond acceptors (Lipinski definition) is 4. The maximum absolute atomic E-state index is 12.8. The highest BCUT2D eigenvalue weighted by molar-refractivity contribution is 5.84. The van der Waals surface area contributed by atoms with Gasteiger partial charge in [-0.15, -0.1) is 5.92 Å². The Morgan fingerprint density at radius 3 is 2.58 bits per heavy atom. The molecule has 45 heavy (non-hydrogen) atoms. The SMILES string of the molecule is C[C@]12CC[C@@H]3c4ccc(O)cc4CC[C@H]3[C@@H]1CC[C@@]2(O)C#CCCCCC#Cc1cccc2c(=O)cc(-c3ccccc3)oc12. The number of benzene rings is 3. The van der Waals surface area contributed by atoms with Crippen molar-refractivity contribution in [1.29, 1.82) is 0 Å². The minimum absolute atomic E-state index is 0.0697. The second kappa shape index (κ2) is 11.9. The van der Waals surface area contributed by atoms with Crippen molar-refractivity contribution in [2.24, 2.45) is 17.3 Å². The predicted molar refractivity (Wildman–Crippen MR) is 179 cm³/mol. The summed E-state index contributed by atoms with van der Waals surface area (Å²) in [5, 5.41) is 22.4. The van der Waals surface area contributed by atoms with Crippen molar-refractivity contribution < 1.29 is 14.6 Å². The molecule has 2 saturated carbocycles. The number of para-hydroxylation sites is 1. The number of phenols is 1. The molecule has 2 fully saturated rings. The van der Waals surface area contributed by atoms with E-state index in [1.54, 1.807) is 12.1 Å². The summed E-state index contributed by atoms with van der Waals surface area (Å²) in [6, 6.07) is 22.7. The lowest BCUT2D eigenvalue weighted by Crippen LogP contribution is -2.50. The van der Waals surface area contributed by atoms with E-state index in [4.69, 9.17) is 4.42 Å². The normalized spacial score (nSPS) is 26.5. The van der Waals surface area contributed by atoms with Crippen molar-refractivity contribution in [3.05, 3.63) is 99.7 Å². The van der Waals surface area contributed by atoms with Crippen LogP contribution in [0, 0.1) is 40.9 Å². The van der Waals surface area contributed by atoms with Crippen molar-refractivity contribution in [3.63, 3.8) is 0 Å². The van der Waals surface area contributed by atoms with Gasteiger partial charge in [0.2, 0.25) is 0 Å². The molecule has 0 saturated heterocycles. The van der Waals surface area contributed by atoms with Crippen LogP contribution in [0.5, 0.6) is 5.75 Å². The van der Waals surface area contributed by atoms with Gasteiger partial charge >= 0.3 is 0 Å². The summed E-state index contributed by atoms with van der Waals surface area (Å²) in [7, 11) is 0. The lowest BCUT2D eigenvalue weighted by molar-refractivity contribution is -0.0648. The molecular formula is C41H40O4. The van der Waals surface area contributed by atoms with E-state index in [0.29, 0.717) is 40.2 Å². The molecule has 228 valence electrons. The van der Waals surface area contributed by atoms with Gasteiger partial charge in [-0.3, -0.25) is 4.79 Å². The van der Waals surface area contributed by atoms with Crippen LogP contribution in [-0.4, -0.2) is 15.8 Å². The number of hydrogen-bond donors (Lipinski definition) is 2. The van der Waals surface area contributed by atoms with E-state index in [2.05, 4.69) is 36.7 Å². The fourth-order valence-corrected chi connectivity index (χ4v) is 8.60. The van der Waals surface area contributed by atoms with E-state index in [-0.39, 0.29) is 10.8 Å². The zero-order valence-electron chi connectivity index (χ0n) is 25.9. The smallest absolute Gasteiger partial charge is 0.193 e. The van der Waals surface area contributed by atoms with Gasteiger partial charge in [0.15, 0.2) is 11.0 Å². The molecule has 7 rings (SSSR count). The fourth-order valence-electron chi connectivity index (χ4n) is 8.60. The third-order valence-electron chi connectivity index (χ3n) is 11.0. The Morgan fingerprint density at radius 1 is 0.911 bits per heavy atom. The van der Waals surface area contributed by atoms with Crippen LogP contribution in [0.4, 0.5) is 0 Å². The van der Waals surface area contributed by atoms with E-state index in [1.807, 2.05) is 54.6 Å². The lowest BCUT2D eigenvalue weighted by Gasteiger charge is -2.52. The average molecular weight is 597 g/mol. The van der Waals surface area contributed by atoms with Gasteiger partial charge in [-0.05, 0) is 105 Å². The number of aryl methyl sites for hydroxylation is 1. The van der Waals surface area contributed by atoms with Gasteiger partial charge in [-0.1, -0.05) is 67.1 Å². The number of fused-ring (bicyclic) bond motifs is 6. The zero-order valence-corrected chi connectivity index (χ0v) is 25.9. The fraction of sp³-hybridized carbons (Fsp3) is 0.390. The molecule has 5 atom stereocenters. The minimum atomic E-state index is -0.922. The summed E-state index contributed by atoms with van der Waals surface area (Å²) in [5.41, 5.74) is 3.67. The van der Waals surface area contributed by atoms with Gasteiger partial charge in [0.25, 0.3) is 0 Å². The predicted octanol–water partition coefficient (Wildman–Crippen LogP) is 8.37. The van der Waals surface area contributed by atoms with Crippen LogP contribution in [0.25, 0.3) is 22.3 Å². The Balaban J connectivity index is 0.969. The first-order valence-corrected chi connectivity index (χ1v) is 16.5. The molecule has 4 aromatic rings. The molecule has 3 aliphatic rings. The van der Waals surface area contributed by atoms with Crippen LogP contribution >= 0.6 is 0 Å². The molecule has 2 N–H and O–H groups in total. The molecule has 3 aromatic carbocycles. The molecule has 1 aromatic heterocycles. The Morgan fingerprint density at radius 2 is 1.73 bits per heavy atom. The minimum Gasteiger partial charge on any atom is -0.508 e. The van der Waals surface area contributed by atoms with Gasteiger partial charge in [0, 0.05) is 29.9 Å². The molecular weight excluding hydrogens is 556 g/mol. The van der Waals surface area contributed by atoms with Gasteiger partial charge in [0.05, 0.1) is 10.9 Å². The highest BCUT2D eigenvalue weighted by Crippen LogP contribution is 2.64. The average Bonchev–Trinajstić information content (AvgIpc) is 3.32. The van der Waals surface area contributed by atoms with Crippen LogP contribution in [0.15, 0.2) is 82.0 Å². The van der Waals surface area contributed by atoms with Gasteiger partial charge in [0.1, 0.15) is 17.1 Å². The maximum Gasteiger partial charge on any atom is 0.193 e. The summed E-state index contributed by atoms with van der Waals surface area (Å²) >= 11 is 0. The molecule has 4 nitrogen and oxygen atoms in total. The maximum atomic E-state index is 12.8. The van der Waals surface area contributed by atoms with Crippen molar-refractivity contribution >= 4 is 11.0 Å². The van der Waals surface area contributed by atoms with E-state index in [1.165, 1.54) is 11.1 Å². The van der Waals surface area contributed by atoms with Crippen LogP contribution < -0.4 is 5.43 Å². The highest BCUT2D eigenvalue weighted by atomic mass is 16.3. The Kier molecular flexibility index (Phi) is 7.81. The van der Waals surface area contributed by atoms with Crippen molar-refractivity contribution in [2.75, 3.05) is 0 Å². The van der Waals surface area contributed by atoms with E-state index in [0.717, 1.165) is 75.3 Å². The second-order valence-corrected chi connectivity index (χ2v) is 13.5. The summed E-state index contributed by atoms with van der Waals surface area (Å²) in [5.74, 6) is 15.7. The van der Waals surface area contributed by atoms with Crippen molar-refractivity contribution in [3.8, 4) is 40.8 Å². The molecule has 0 bridgehead atoms. The van der Waals surface area contributed by atoms with Gasteiger partial charge < -0.3 is 14.6 Å². The number of unbranched alkanes of at least 4 members (excludes halogenated alkanes) is 3. The zero-order chi connectivity index (χ0) is 31.0. The Bertz CT molecular complexity index is 1920. The summed E-state index contributed by atoms with van der Waals surface area (Å²) in [6.45, 7) is 2.29. The van der Waals surface area contributed by atoms with Crippen molar-refractivity contribution in [1.82, 2.24) is 0 Å². The highest BCUT2D eigenvalue weighted by Gasteiger charge is 2.61. The first-order valence-electron chi connectivity index (χ1n) is 16.5. The van der Waals surface area contributed by atoms with Crippen LogP contribution in [0.3, 0.4) is 0 Å². The second-order valence-electron chi connectivity index (χ2n) is 13.5. The number of aliphatic hydroxyl groups is 1. The van der Waals surface area contributed by atoms with Gasteiger partial charge in [-0.25, -0.2) is 0 Å². The van der Waals surface area contributed by atoms with Crippen molar-refractivity contribution in [2.45, 2.75) is 82.7 Å². The molecule has 0 aliphatic heterocycles. The summed E-state index contributed by atoms with van der Waals surface area (Å²) < 4.78 is 6.17. The van der Waals surface area contributed by atoms with E-state index >= 15 is 0 Å². The monoisotopic (exact) mass is 596 g/mol. The van der Waals surface area contributed by atoms with Crippen LogP contribution in [0.1, 0.15) is 87.3 Å². The van der Waals surface area contributed by atoms with Gasteiger partial charge in [-0.2, -0.15) is 0 Å². The third kappa shape index (κ3) is 5.37. The summed E-state index contributed by atoms with van der Waals surface area (Å²) in [4.78, 5) is 12.8. The first-order chi connectivity index (χ1) is 21.9. The van der Waals surface area contributed by atoms with Crippen LogP contribution in [-0.2, 0) is 6.42 Å². The first kappa shape index (κ1) is 29.5. The largest absolute Gasteiger partial charge is 0.508 e.